The van der Waals surface area contributed by atoms with Crippen molar-refractivity contribution in [1.82, 2.24) is 5.32 Å². The lowest BCUT2D eigenvalue weighted by molar-refractivity contribution is -0.00210. The number of carbonyl (C=O) groups is 1. The van der Waals surface area contributed by atoms with Crippen molar-refractivity contribution in [3.8, 4) is 5.75 Å². The molecule has 1 saturated carbocycles. The molecule has 4 rings (SSSR count). The van der Waals surface area contributed by atoms with Crippen LogP contribution in [0.3, 0.4) is 0 Å². The maximum absolute atomic E-state index is 13.1. The van der Waals surface area contributed by atoms with Crippen LogP contribution in [0.5, 0.6) is 5.75 Å². The molecule has 27 heavy (non-hydrogen) atoms. The summed E-state index contributed by atoms with van der Waals surface area (Å²) in [4.78, 5) is 13.1. The molecule has 0 radical (unpaired) electrons. The zero-order valence-corrected chi connectivity index (χ0v) is 16.6. The predicted molar refractivity (Wildman–Crippen MR) is 108 cm³/mol. The average molecular weight is 364 g/mol. The summed E-state index contributed by atoms with van der Waals surface area (Å²) < 4.78 is 6.49. The van der Waals surface area contributed by atoms with Crippen molar-refractivity contribution in [2.75, 3.05) is 0 Å². The number of hydrogen-bond acceptors (Lipinski definition) is 2. The fraction of sp³-hybridized carbons (Fsp3) is 0.458. The zero-order chi connectivity index (χ0) is 19.0. The van der Waals surface area contributed by atoms with Crippen LogP contribution in [0.25, 0.3) is 0 Å². The van der Waals surface area contributed by atoms with Crippen LogP contribution in [-0.2, 0) is 0 Å². The highest BCUT2D eigenvalue weighted by molar-refractivity contribution is 5.96. The largest absolute Gasteiger partial charge is 0.487 e. The summed E-state index contributed by atoms with van der Waals surface area (Å²) in [6.07, 6.45) is 6.72. The van der Waals surface area contributed by atoms with Crippen LogP contribution in [0.1, 0.15) is 77.2 Å². The number of para-hydroxylation sites is 1. The van der Waals surface area contributed by atoms with E-state index in [1.54, 1.807) is 0 Å². The maximum Gasteiger partial charge on any atom is 0.252 e. The predicted octanol–water partition coefficient (Wildman–Crippen LogP) is 5.57. The second-order valence-corrected chi connectivity index (χ2v) is 8.37. The summed E-state index contributed by atoms with van der Waals surface area (Å²) in [5.74, 6) is 0.955. The Hall–Kier alpha value is -2.29. The highest BCUT2D eigenvalue weighted by atomic mass is 16.5. The molecule has 1 N–H and O–H groups in total. The monoisotopic (exact) mass is 363 g/mol. The van der Waals surface area contributed by atoms with Gasteiger partial charge in [-0.15, -0.1) is 0 Å². The molecule has 1 amide bonds. The molecule has 0 unspecified atom stereocenters. The number of aryl methyl sites for hydroxylation is 3. The van der Waals surface area contributed by atoms with E-state index in [2.05, 4.69) is 31.3 Å². The van der Waals surface area contributed by atoms with Crippen molar-refractivity contribution >= 4 is 5.91 Å². The van der Waals surface area contributed by atoms with Gasteiger partial charge in [0.15, 0.2) is 0 Å². The van der Waals surface area contributed by atoms with Crippen molar-refractivity contribution < 1.29 is 9.53 Å². The van der Waals surface area contributed by atoms with Crippen LogP contribution in [0.2, 0.25) is 0 Å². The molecule has 2 aliphatic rings. The Morgan fingerprint density at radius 1 is 1.00 bits per heavy atom. The van der Waals surface area contributed by atoms with E-state index in [-0.39, 0.29) is 17.6 Å². The van der Waals surface area contributed by atoms with Crippen LogP contribution in [0.4, 0.5) is 0 Å². The molecule has 0 bridgehead atoms. The van der Waals surface area contributed by atoms with Gasteiger partial charge < -0.3 is 10.1 Å². The van der Waals surface area contributed by atoms with Gasteiger partial charge in [0.25, 0.3) is 5.91 Å². The third kappa shape index (κ3) is 3.47. The number of amides is 1. The van der Waals surface area contributed by atoms with Gasteiger partial charge in [0.1, 0.15) is 11.4 Å². The van der Waals surface area contributed by atoms with E-state index in [0.717, 1.165) is 47.3 Å². The topological polar surface area (TPSA) is 38.3 Å². The molecule has 1 aliphatic carbocycles. The van der Waals surface area contributed by atoms with E-state index in [0.29, 0.717) is 0 Å². The number of carbonyl (C=O) groups excluding carboxylic acids is 1. The molecule has 1 fully saturated rings. The van der Waals surface area contributed by atoms with Crippen molar-refractivity contribution in [3.05, 3.63) is 64.2 Å². The van der Waals surface area contributed by atoms with Crippen molar-refractivity contribution in [2.45, 2.75) is 70.9 Å². The average Bonchev–Trinajstić information content (AvgIpc) is 2.65. The summed E-state index contributed by atoms with van der Waals surface area (Å²) in [5, 5.41) is 3.33. The fourth-order valence-electron chi connectivity index (χ4n) is 4.69. The minimum absolute atomic E-state index is 0.00144. The smallest absolute Gasteiger partial charge is 0.252 e. The lowest BCUT2D eigenvalue weighted by Crippen LogP contribution is -2.46. The number of nitrogens with one attached hydrogen (secondary N) is 1. The minimum Gasteiger partial charge on any atom is -0.487 e. The van der Waals surface area contributed by atoms with Gasteiger partial charge in [0.05, 0.1) is 6.04 Å². The van der Waals surface area contributed by atoms with Crippen molar-refractivity contribution in [3.63, 3.8) is 0 Å². The lowest BCUT2D eigenvalue weighted by Gasteiger charge is -2.44. The maximum atomic E-state index is 13.1. The van der Waals surface area contributed by atoms with Gasteiger partial charge in [0.2, 0.25) is 0 Å². The highest BCUT2D eigenvalue weighted by Gasteiger charge is 2.42. The Kier molecular flexibility index (Phi) is 4.71. The molecule has 2 aromatic rings. The quantitative estimate of drug-likeness (QED) is 0.757. The summed E-state index contributed by atoms with van der Waals surface area (Å²) in [5.41, 5.74) is 5.16. The van der Waals surface area contributed by atoms with Crippen LogP contribution < -0.4 is 10.1 Å². The molecule has 3 nitrogen and oxygen atoms in total. The SMILES string of the molecule is Cc1cc(C)c(C(=O)N[C@H]2CC3(CCCCC3)Oc3ccccc32)cc1C. The molecule has 1 atom stereocenters. The van der Waals surface area contributed by atoms with Crippen molar-refractivity contribution in [2.24, 2.45) is 0 Å². The standard InChI is InChI=1S/C24H29NO2/c1-16-13-18(3)20(14-17(16)2)23(26)25-21-15-24(11-7-4-8-12-24)27-22-10-6-5-9-19(21)22/h5-6,9-10,13-14,21H,4,7-8,11-12,15H2,1-3H3,(H,25,26)/t21-/m0/s1. The minimum atomic E-state index is -0.122. The number of ether oxygens (including phenoxy) is 1. The summed E-state index contributed by atoms with van der Waals surface area (Å²) >= 11 is 0. The Morgan fingerprint density at radius 2 is 1.70 bits per heavy atom. The molecular weight excluding hydrogens is 334 g/mol. The van der Waals surface area contributed by atoms with E-state index >= 15 is 0 Å². The first kappa shape index (κ1) is 18.1. The molecule has 1 aliphatic heterocycles. The molecular formula is C24H29NO2. The Balaban J connectivity index is 1.64. The van der Waals surface area contributed by atoms with E-state index in [9.17, 15) is 4.79 Å². The Bertz CT molecular complexity index is 865. The first-order valence-electron chi connectivity index (χ1n) is 10.1. The first-order chi connectivity index (χ1) is 13.0. The first-order valence-corrected chi connectivity index (χ1v) is 10.1. The number of fused-ring (bicyclic) bond motifs is 1. The summed E-state index contributed by atoms with van der Waals surface area (Å²) in [6, 6.07) is 12.3. The molecule has 3 heteroatoms. The lowest BCUT2D eigenvalue weighted by atomic mass is 9.77. The zero-order valence-electron chi connectivity index (χ0n) is 16.6. The number of benzene rings is 2. The van der Waals surface area contributed by atoms with Crippen LogP contribution in [-0.4, -0.2) is 11.5 Å². The molecule has 142 valence electrons. The van der Waals surface area contributed by atoms with E-state index in [1.165, 1.54) is 24.8 Å². The van der Waals surface area contributed by atoms with Gasteiger partial charge in [-0.25, -0.2) is 0 Å². The van der Waals surface area contributed by atoms with Crippen LogP contribution >= 0.6 is 0 Å². The van der Waals surface area contributed by atoms with Gasteiger partial charge in [0, 0.05) is 17.5 Å². The third-order valence-electron chi connectivity index (χ3n) is 6.35. The third-order valence-corrected chi connectivity index (χ3v) is 6.35. The van der Waals surface area contributed by atoms with Gasteiger partial charge in [-0.2, -0.15) is 0 Å². The Morgan fingerprint density at radius 3 is 2.48 bits per heavy atom. The van der Waals surface area contributed by atoms with Gasteiger partial charge in [-0.1, -0.05) is 30.7 Å². The number of rotatable bonds is 2. The van der Waals surface area contributed by atoms with Crippen molar-refractivity contribution in [1.29, 1.82) is 0 Å². The van der Waals surface area contributed by atoms with Gasteiger partial charge >= 0.3 is 0 Å². The summed E-state index contributed by atoms with van der Waals surface area (Å²) in [6.45, 7) is 6.17. The second kappa shape index (κ2) is 7.03. The van der Waals surface area contributed by atoms with E-state index in [4.69, 9.17) is 4.74 Å². The highest BCUT2D eigenvalue weighted by Crippen LogP contribution is 2.46. The van der Waals surface area contributed by atoms with E-state index < -0.39 is 0 Å². The molecule has 1 spiro atoms. The van der Waals surface area contributed by atoms with Crippen LogP contribution in [0.15, 0.2) is 36.4 Å². The number of hydrogen-bond donors (Lipinski definition) is 1. The normalized spacial score (nSPS) is 20.6. The summed E-state index contributed by atoms with van der Waals surface area (Å²) in [7, 11) is 0. The van der Waals surface area contributed by atoms with E-state index in [1.807, 2.05) is 31.2 Å². The molecule has 2 aromatic carbocycles. The van der Waals surface area contributed by atoms with Gasteiger partial charge in [-0.05, 0) is 75.3 Å². The second-order valence-electron chi connectivity index (χ2n) is 8.37. The molecule has 0 saturated heterocycles. The van der Waals surface area contributed by atoms with Crippen LogP contribution in [0, 0.1) is 20.8 Å². The fourth-order valence-corrected chi connectivity index (χ4v) is 4.69. The molecule has 1 heterocycles. The molecule has 0 aromatic heterocycles. The van der Waals surface area contributed by atoms with Gasteiger partial charge in [-0.3, -0.25) is 4.79 Å². The Labute approximate surface area is 162 Å².